The van der Waals surface area contributed by atoms with Crippen LogP contribution < -0.4 is 4.74 Å². The van der Waals surface area contributed by atoms with E-state index in [2.05, 4.69) is 5.16 Å². The molecule has 0 saturated carbocycles. The largest absolute Gasteiger partial charge is 0.497 e. The molecule has 8 nitrogen and oxygen atoms in total. The van der Waals surface area contributed by atoms with Crippen LogP contribution in [-0.4, -0.2) is 65.7 Å². The second-order valence-electron chi connectivity index (χ2n) is 6.37. The predicted molar refractivity (Wildman–Crippen MR) is 89.5 cm³/mol. The number of morpholine rings is 1. The summed E-state index contributed by atoms with van der Waals surface area (Å²) in [5.74, 6) is 0.648. The van der Waals surface area contributed by atoms with Gasteiger partial charge in [-0.15, -0.1) is 0 Å². The number of methoxy groups -OCH3 is 1. The number of hydrogen-bond acceptors (Lipinski definition) is 6. The maximum absolute atomic E-state index is 12.5. The van der Waals surface area contributed by atoms with Crippen LogP contribution in [0.1, 0.15) is 16.1 Å². The van der Waals surface area contributed by atoms with Crippen molar-refractivity contribution in [3.05, 3.63) is 47.9 Å². The molecular weight excluding hydrogens is 338 g/mol. The van der Waals surface area contributed by atoms with Crippen molar-refractivity contribution in [1.82, 2.24) is 15.0 Å². The molecule has 3 heterocycles. The number of fused-ring (bicyclic) bond motifs is 1. The van der Waals surface area contributed by atoms with E-state index in [9.17, 15) is 9.59 Å². The number of hydrogen-bond donors (Lipinski definition) is 0. The van der Waals surface area contributed by atoms with Crippen molar-refractivity contribution in [2.75, 3.05) is 26.8 Å². The SMILES string of the molecule is COc1ccc(CN2C(=O)COC3CN(C(=O)c4ccno4)CC32)cc1. The predicted octanol–water partition coefficient (Wildman–Crippen LogP) is 0.935. The highest BCUT2D eigenvalue weighted by Crippen LogP contribution is 2.26. The van der Waals surface area contributed by atoms with Crippen LogP contribution in [-0.2, 0) is 16.1 Å². The van der Waals surface area contributed by atoms with Crippen LogP contribution in [0, 0.1) is 0 Å². The van der Waals surface area contributed by atoms with Gasteiger partial charge in [-0.3, -0.25) is 9.59 Å². The second-order valence-corrected chi connectivity index (χ2v) is 6.37. The fourth-order valence-electron chi connectivity index (χ4n) is 3.45. The van der Waals surface area contributed by atoms with Crippen LogP contribution in [0.15, 0.2) is 41.1 Å². The van der Waals surface area contributed by atoms with E-state index in [4.69, 9.17) is 14.0 Å². The zero-order valence-corrected chi connectivity index (χ0v) is 14.3. The minimum atomic E-state index is -0.239. The molecule has 1 aromatic heterocycles. The summed E-state index contributed by atoms with van der Waals surface area (Å²) < 4.78 is 15.8. The quantitative estimate of drug-likeness (QED) is 0.809. The van der Waals surface area contributed by atoms with Gasteiger partial charge in [-0.05, 0) is 17.7 Å². The fourth-order valence-corrected chi connectivity index (χ4v) is 3.45. The van der Waals surface area contributed by atoms with E-state index in [0.717, 1.165) is 11.3 Å². The molecule has 8 heteroatoms. The van der Waals surface area contributed by atoms with Crippen molar-refractivity contribution in [1.29, 1.82) is 0 Å². The maximum atomic E-state index is 12.5. The first-order chi connectivity index (χ1) is 12.7. The first kappa shape index (κ1) is 16.6. The summed E-state index contributed by atoms with van der Waals surface area (Å²) >= 11 is 0. The van der Waals surface area contributed by atoms with Gasteiger partial charge in [-0.25, -0.2) is 0 Å². The molecule has 2 unspecified atom stereocenters. The lowest BCUT2D eigenvalue weighted by Crippen LogP contribution is -2.53. The van der Waals surface area contributed by atoms with Gasteiger partial charge < -0.3 is 23.8 Å². The Hall–Kier alpha value is -2.87. The van der Waals surface area contributed by atoms with Gasteiger partial charge in [0.05, 0.1) is 25.5 Å². The Morgan fingerprint density at radius 3 is 2.77 bits per heavy atom. The monoisotopic (exact) mass is 357 g/mol. The Kier molecular flexibility index (Phi) is 4.34. The zero-order valence-electron chi connectivity index (χ0n) is 14.3. The van der Waals surface area contributed by atoms with Gasteiger partial charge in [0.15, 0.2) is 0 Å². The van der Waals surface area contributed by atoms with E-state index < -0.39 is 0 Å². The molecule has 4 rings (SSSR count). The Morgan fingerprint density at radius 2 is 2.08 bits per heavy atom. The summed E-state index contributed by atoms with van der Waals surface area (Å²) in [7, 11) is 1.61. The highest BCUT2D eigenvalue weighted by molar-refractivity contribution is 5.91. The number of likely N-dealkylation sites (tertiary alicyclic amines) is 1. The third-order valence-electron chi connectivity index (χ3n) is 4.83. The maximum Gasteiger partial charge on any atom is 0.292 e. The molecule has 136 valence electrons. The number of aromatic nitrogens is 1. The van der Waals surface area contributed by atoms with Crippen LogP contribution in [0.25, 0.3) is 0 Å². The third-order valence-corrected chi connectivity index (χ3v) is 4.83. The molecule has 0 spiro atoms. The molecule has 2 aliphatic rings. The Morgan fingerprint density at radius 1 is 1.27 bits per heavy atom. The van der Waals surface area contributed by atoms with Crippen LogP contribution in [0.5, 0.6) is 5.75 Å². The van der Waals surface area contributed by atoms with Gasteiger partial charge in [0.25, 0.3) is 5.91 Å². The zero-order chi connectivity index (χ0) is 18.1. The van der Waals surface area contributed by atoms with Crippen LogP contribution in [0.4, 0.5) is 0 Å². The molecular formula is C18H19N3O5. The summed E-state index contributed by atoms with van der Waals surface area (Å²) in [6, 6.07) is 8.96. The van der Waals surface area contributed by atoms with Gasteiger partial charge in [0.2, 0.25) is 11.7 Å². The molecule has 2 saturated heterocycles. The third kappa shape index (κ3) is 3.03. The minimum Gasteiger partial charge on any atom is -0.497 e. The van der Waals surface area contributed by atoms with Gasteiger partial charge in [-0.1, -0.05) is 17.3 Å². The second kappa shape index (κ2) is 6.80. The Labute approximate surface area is 150 Å². The van der Waals surface area contributed by atoms with Crippen LogP contribution in [0.3, 0.4) is 0 Å². The van der Waals surface area contributed by atoms with Gasteiger partial charge in [-0.2, -0.15) is 0 Å². The molecule has 26 heavy (non-hydrogen) atoms. The molecule has 1 aromatic carbocycles. The molecule has 0 aliphatic carbocycles. The number of carbonyl (C=O) groups is 2. The minimum absolute atomic E-state index is 0.0294. The Balaban J connectivity index is 1.49. The standard InChI is InChI=1S/C18H19N3O5/c1-24-13-4-2-12(3-5-13)8-21-14-9-20(10-16(14)25-11-17(21)22)18(23)15-6-7-19-26-15/h2-7,14,16H,8-11H2,1H3. The van der Waals surface area contributed by atoms with Gasteiger partial charge >= 0.3 is 0 Å². The summed E-state index contributed by atoms with van der Waals surface area (Å²) in [4.78, 5) is 28.3. The van der Waals surface area contributed by atoms with Crippen molar-refractivity contribution in [2.45, 2.75) is 18.7 Å². The average Bonchev–Trinajstić information content (AvgIpc) is 3.34. The van der Waals surface area contributed by atoms with Crippen LogP contribution in [0.2, 0.25) is 0 Å². The summed E-state index contributed by atoms with van der Waals surface area (Å²) in [6.07, 6.45) is 1.24. The first-order valence-corrected chi connectivity index (χ1v) is 8.39. The number of ether oxygens (including phenoxy) is 2. The molecule has 2 aliphatic heterocycles. The number of amides is 2. The topological polar surface area (TPSA) is 85.1 Å². The molecule has 0 radical (unpaired) electrons. The van der Waals surface area contributed by atoms with Crippen molar-refractivity contribution in [2.24, 2.45) is 0 Å². The molecule has 0 N–H and O–H groups in total. The van der Waals surface area contributed by atoms with Crippen molar-refractivity contribution in [3.8, 4) is 5.75 Å². The van der Waals surface area contributed by atoms with E-state index in [1.54, 1.807) is 16.9 Å². The average molecular weight is 357 g/mol. The molecule has 2 atom stereocenters. The Bertz CT molecular complexity index is 790. The van der Waals surface area contributed by atoms with E-state index >= 15 is 0 Å². The lowest BCUT2D eigenvalue weighted by molar-refractivity contribution is -0.153. The number of rotatable bonds is 4. The van der Waals surface area contributed by atoms with Gasteiger partial charge in [0, 0.05) is 25.7 Å². The molecule has 0 bridgehead atoms. The fraction of sp³-hybridized carbons (Fsp3) is 0.389. The number of nitrogens with zero attached hydrogens (tertiary/aromatic N) is 3. The van der Waals surface area contributed by atoms with Crippen molar-refractivity contribution >= 4 is 11.8 Å². The van der Waals surface area contributed by atoms with Crippen molar-refractivity contribution in [3.63, 3.8) is 0 Å². The smallest absolute Gasteiger partial charge is 0.292 e. The highest BCUT2D eigenvalue weighted by Gasteiger charge is 2.45. The number of benzene rings is 1. The first-order valence-electron chi connectivity index (χ1n) is 8.39. The summed E-state index contributed by atoms with van der Waals surface area (Å²) in [5.41, 5.74) is 1.000. The molecule has 2 amide bonds. The van der Waals surface area contributed by atoms with Gasteiger partial charge in [0.1, 0.15) is 12.4 Å². The van der Waals surface area contributed by atoms with Crippen molar-refractivity contribution < 1.29 is 23.6 Å². The van der Waals surface area contributed by atoms with Crippen LogP contribution >= 0.6 is 0 Å². The summed E-state index contributed by atoms with van der Waals surface area (Å²) in [6.45, 7) is 1.34. The lowest BCUT2D eigenvalue weighted by Gasteiger charge is -2.36. The molecule has 2 aromatic rings. The lowest BCUT2D eigenvalue weighted by atomic mass is 10.1. The van der Waals surface area contributed by atoms with E-state index in [1.165, 1.54) is 12.3 Å². The normalized spacial score (nSPS) is 22.4. The van der Waals surface area contributed by atoms with E-state index in [-0.39, 0.29) is 36.3 Å². The summed E-state index contributed by atoms with van der Waals surface area (Å²) in [5, 5.41) is 3.57. The molecule has 2 fully saturated rings. The number of carbonyl (C=O) groups excluding carboxylic acids is 2. The highest BCUT2D eigenvalue weighted by atomic mass is 16.5. The van der Waals surface area contributed by atoms with E-state index in [0.29, 0.717) is 19.6 Å². The van der Waals surface area contributed by atoms with E-state index in [1.807, 2.05) is 24.3 Å².